The van der Waals surface area contributed by atoms with Crippen LogP contribution in [0.25, 0.3) is 0 Å². The summed E-state index contributed by atoms with van der Waals surface area (Å²) in [5.74, 6) is 0.441. The molecule has 0 saturated heterocycles. The third-order valence-corrected chi connectivity index (χ3v) is 3.05. The van der Waals surface area contributed by atoms with Crippen molar-refractivity contribution in [3.05, 3.63) is 47.4 Å². The number of benzene rings is 1. The molecule has 6 heteroatoms. The molecule has 0 aliphatic carbocycles. The largest absolute Gasteiger partial charge is 0.371 e. The Morgan fingerprint density at radius 1 is 1.33 bits per heavy atom. The van der Waals surface area contributed by atoms with E-state index in [0.29, 0.717) is 17.2 Å². The fraction of sp³-hybridized carbons (Fsp3) is 0.200. The highest BCUT2D eigenvalue weighted by Gasteiger charge is 2.13. The lowest BCUT2D eigenvalue weighted by Crippen LogP contribution is -2.22. The van der Waals surface area contributed by atoms with Gasteiger partial charge in [0.1, 0.15) is 6.07 Å². The van der Waals surface area contributed by atoms with Crippen LogP contribution in [0.2, 0.25) is 0 Å². The van der Waals surface area contributed by atoms with Gasteiger partial charge in [0.25, 0.3) is 0 Å². The zero-order chi connectivity index (χ0) is 15.2. The van der Waals surface area contributed by atoms with Gasteiger partial charge >= 0.3 is 0 Å². The van der Waals surface area contributed by atoms with Crippen LogP contribution in [0, 0.1) is 18.3 Å². The van der Waals surface area contributed by atoms with E-state index < -0.39 is 0 Å². The van der Waals surface area contributed by atoms with Crippen molar-refractivity contribution in [3.8, 4) is 6.07 Å². The monoisotopic (exact) mass is 281 g/mol. The van der Waals surface area contributed by atoms with Crippen LogP contribution >= 0.6 is 0 Å². The van der Waals surface area contributed by atoms with E-state index in [1.54, 1.807) is 14.0 Å². The summed E-state index contributed by atoms with van der Waals surface area (Å²) in [4.78, 5) is 21.4. The van der Waals surface area contributed by atoms with Crippen molar-refractivity contribution in [2.75, 3.05) is 17.3 Å². The summed E-state index contributed by atoms with van der Waals surface area (Å²) in [7, 11) is 1.69. The van der Waals surface area contributed by atoms with Gasteiger partial charge in [0, 0.05) is 12.7 Å². The molecule has 0 saturated carbocycles. The van der Waals surface area contributed by atoms with Crippen molar-refractivity contribution >= 4 is 17.9 Å². The minimum Gasteiger partial charge on any atom is -0.371 e. The van der Waals surface area contributed by atoms with Gasteiger partial charge < -0.3 is 10.2 Å². The number of nitriles is 1. The molecule has 2 rings (SSSR count). The van der Waals surface area contributed by atoms with Gasteiger partial charge in [0.2, 0.25) is 6.41 Å². The Morgan fingerprint density at radius 3 is 2.62 bits per heavy atom. The van der Waals surface area contributed by atoms with Crippen LogP contribution < -0.4 is 10.2 Å². The number of para-hydroxylation sites is 1. The molecule has 1 aromatic carbocycles. The van der Waals surface area contributed by atoms with Gasteiger partial charge in [0.15, 0.2) is 11.5 Å². The number of aromatic nitrogens is 2. The first-order valence-electron chi connectivity index (χ1n) is 6.42. The average Bonchev–Trinajstić information content (AvgIpc) is 2.54. The van der Waals surface area contributed by atoms with Gasteiger partial charge in [-0.3, -0.25) is 4.79 Å². The maximum atomic E-state index is 11.3. The lowest BCUT2D eigenvalue weighted by molar-refractivity contribution is -0.107. The van der Waals surface area contributed by atoms with E-state index >= 15 is 0 Å². The molecule has 106 valence electrons. The molecule has 1 aromatic heterocycles. The predicted octanol–water partition coefficient (Wildman–Crippen LogP) is 1.86. The SMILES string of the molecule is CNc1nc(C)c(CN(C=O)c2ccccc2)nc1C#N. The number of nitrogens with one attached hydrogen (secondary N) is 1. The summed E-state index contributed by atoms with van der Waals surface area (Å²) < 4.78 is 0. The van der Waals surface area contributed by atoms with Gasteiger partial charge in [-0.2, -0.15) is 5.26 Å². The second kappa shape index (κ2) is 6.48. The van der Waals surface area contributed by atoms with Crippen LogP contribution in [0.5, 0.6) is 0 Å². The van der Waals surface area contributed by atoms with Gasteiger partial charge in [-0.1, -0.05) is 18.2 Å². The molecule has 0 fully saturated rings. The van der Waals surface area contributed by atoms with E-state index in [2.05, 4.69) is 15.3 Å². The zero-order valence-electron chi connectivity index (χ0n) is 11.9. The van der Waals surface area contributed by atoms with E-state index in [1.807, 2.05) is 36.4 Å². The van der Waals surface area contributed by atoms with E-state index in [1.165, 1.54) is 4.90 Å². The predicted molar refractivity (Wildman–Crippen MR) is 79.7 cm³/mol. The van der Waals surface area contributed by atoms with Crippen molar-refractivity contribution < 1.29 is 4.79 Å². The molecule has 21 heavy (non-hydrogen) atoms. The number of amides is 1. The Hall–Kier alpha value is -2.94. The second-order valence-corrected chi connectivity index (χ2v) is 4.38. The molecule has 0 radical (unpaired) electrons. The lowest BCUT2D eigenvalue weighted by atomic mass is 10.2. The van der Waals surface area contributed by atoms with Crippen LogP contribution in [-0.2, 0) is 11.3 Å². The fourth-order valence-corrected chi connectivity index (χ4v) is 1.93. The van der Waals surface area contributed by atoms with Crippen molar-refractivity contribution in [1.29, 1.82) is 5.26 Å². The average molecular weight is 281 g/mol. The van der Waals surface area contributed by atoms with Gasteiger partial charge in [-0.25, -0.2) is 9.97 Å². The molecule has 0 aliphatic rings. The minimum atomic E-state index is 0.219. The number of anilines is 2. The highest BCUT2D eigenvalue weighted by molar-refractivity contribution is 5.74. The first-order chi connectivity index (χ1) is 10.2. The van der Waals surface area contributed by atoms with Crippen molar-refractivity contribution in [3.63, 3.8) is 0 Å². The lowest BCUT2D eigenvalue weighted by Gasteiger charge is -2.18. The summed E-state index contributed by atoms with van der Waals surface area (Å²) in [5, 5.41) is 11.9. The normalized spacial score (nSPS) is 9.76. The molecule has 6 nitrogen and oxygen atoms in total. The number of hydrogen-bond donors (Lipinski definition) is 1. The van der Waals surface area contributed by atoms with E-state index in [4.69, 9.17) is 5.26 Å². The number of aryl methyl sites for hydroxylation is 1. The standard InChI is InChI=1S/C15H15N5O/c1-11-14(19-13(8-16)15(17-2)18-11)9-20(10-21)12-6-4-3-5-7-12/h3-7,10H,9H2,1-2H3,(H,17,18). The molecule has 0 bridgehead atoms. The molecule has 0 aliphatic heterocycles. The van der Waals surface area contributed by atoms with Crippen LogP contribution in [-0.4, -0.2) is 23.4 Å². The summed E-state index contributed by atoms with van der Waals surface area (Å²) in [6.07, 6.45) is 0.745. The van der Waals surface area contributed by atoms with Crippen LogP contribution in [0.15, 0.2) is 30.3 Å². The Labute approximate surface area is 123 Å². The molecular weight excluding hydrogens is 266 g/mol. The quantitative estimate of drug-likeness (QED) is 0.846. The van der Waals surface area contributed by atoms with Gasteiger partial charge in [0.05, 0.1) is 17.9 Å². The summed E-state index contributed by atoms with van der Waals surface area (Å²) in [6, 6.07) is 11.3. The van der Waals surface area contributed by atoms with Crippen molar-refractivity contribution in [1.82, 2.24) is 9.97 Å². The smallest absolute Gasteiger partial charge is 0.214 e. The maximum Gasteiger partial charge on any atom is 0.214 e. The van der Waals surface area contributed by atoms with Crippen molar-refractivity contribution in [2.24, 2.45) is 0 Å². The minimum absolute atomic E-state index is 0.219. The third kappa shape index (κ3) is 3.15. The highest BCUT2D eigenvalue weighted by Crippen LogP contribution is 2.17. The third-order valence-electron chi connectivity index (χ3n) is 3.05. The number of hydrogen-bond acceptors (Lipinski definition) is 5. The number of rotatable bonds is 5. The second-order valence-electron chi connectivity index (χ2n) is 4.38. The Balaban J connectivity index is 2.34. The van der Waals surface area contributed by atoms with Gasteiger partial charge in [-0.05, 0) is 19.1 Å². The van der Waals surface area contributed by atoms with Crippen LogP contribution in [0.1, 0.15) is 17.1 Å². The topological polar surface area (TPSA) is 81.9 Å². The molecule has 1 N–H and O–H groups in total. The van der Waals surface area contributed by atoms with E-state index in [0.717, 1.165) is 12.1 Å². The molecular formula is C15H15N5O. The first-order valence-corrected chi connectivity index (χ1v) is 6.42. The summed E-state index contributed by atoms with van der Waals surface area (Å²) in [6.45, 7) is 2.07. The molecule has 1 heterocycles. The first kappa shape index (κ1) is 14.5. The molecule has 0 spiro atoms. The maximum absolute atomic E-state index is 11.3. The van der Waals surface area contributed by atoms with E-state index in [9.17, 15) is 4.79 Å². The summed E-state index contributed by atoms with van der Waals surface area (Å²) in [5.41, 5.74) is 2.27. The van der Waals surface area contributed by atoms with Crippen LogP contribution in [0.3, 0.4) is 0 Å². The summed E-state index contributed by atoms with van der Waals surface area (Å²) >= 11 is 0. The fourth-order valence-electron chi connectivity index (χ4n) is 1.93. The number of nitrogens with zero attached hydrogens (tertiary/aromatic N) is 4. The molecule has 0 unspecified atom stereocenters. The van der Waals surface area contributed by atoms with E-state index in [-0.39, 0.29) is 12.2 Å². The Bertz CT molecular complexity index is 678. The highest BCUT2D eigenvalue weighted by atomic mass is 16.1. The zero-order valence-corrected chi connectivity index (χ0v) is 11.9. The number of carbonyl (C=O) groups excluding carboxylic acids is 1. The molecule has 0 atom stereocenters. The molecule has 1 amide bonds. The Morgan fingerprint density at radius 2 is 2.05 bits per heavy atom. The van der Waals surface area contributed by atoms with Crippen LogP contribution in [0.4, 0.5) is 11.5 Å². The van der Waals surface area contributed by atoms with Gasteiger partial charge in [-0.15, -0.1) is 0 Å². The Kier molecular flexibility index (Phi) is 4.46. The number of carbonyl (C=O) groups is 1. The van der Waals surface area contributed by atoms with Crippen molar-refractivity contribution in [2.45, 2.75) is 13.5 Å². The molecule has 2 aromatic rings.